The number of hydrogen-bond acceptors (Lipinski definition) is 4. The molecule has 0 atom stereocenters. The lowest BCUT2D eigenvalue weighted by molar-refractivity contribution is -0.121. The van der Waals surface area contributed by atoms with Gasteiger partial charge in [0, 0.05) is 13.5 Å². The summed E-state index contributed by atoms with van der Waals surface area (Å²) in [7, 11) is 1.55. The predicted molar refractivity (Wildman–Crippen MR) is 82.1 cm³/mol. The van der Waals surface area contributed by atoms with E-state index in [1.165, 1.54) is 16.6 Å². The fraction of sp³-hybridized carbons (Fsp3) is 0.333. The SMILES string of the molecule is CNC(=O)Cn1cnc(NC(=O)CCCc2ccccc2)n1. The summed E-state index contributed by atoms with van der Waals surface area (Å²) < 4.78 is 1.37. The Bertz CT molecular complexity index is 624. The Morgan fingerprint density at radius 3 is 2.68 bits per heavy atom. The van der Waals surface area contributed by atoms with Crippen LogP contribution >= 0.6 is 0 Å². The molecule has 0 saturated carbocycles. The first-order valence-corrected chi connectivity index (χ1v) is 7.11. The fourth-order valence-corrected chi connectivity index (χ4v) is 1.94. The number of nitrogens with one attached hydrogen (secondary N) is 2. The van der Waals surface area contributed by atoms with Gasteiger partial charge in [0.15, 0.2) is 0 Å². The Balaban J connectivity index is 1.74. The van der Waals surface area contributed by atoms with Crippen molar-refractivity contribution in [3.05, 3.63) is 42.2 Å². The minimum Gasteiger partial charge on any atom is -0.358 e. The molecule has 0 spiro atoms. The van der Waals surface area contributed by atoms with Crippen molar-refractivity contribution in [1.82, 2.24) is 20.1 Å². The van der Waals surface area contributed by atoms with Gasteiger partial charge in [-0.2, -0.15) is 0 Å². The maximum absolute atomic E-state index is 11.8. The summed E-state index contributed by atoms with van der Waals surface area (Å²) in [5.41, 5.74) is 1.21. The molecule has 1 aromatic carbocycles. The molecule has 0 bridgehead atoms. The molecule has 2 rings (SSSR count). The second-order valence-corrected chi connectivity index (χ2v) is 4.83. The zero-order chi connectivity index (χ0) is 15.8. The van der Waals surface area contributed by atoms with Crippen molar-refractivity contribution in [2.24, 2.45) is 0 Å². The van der Waals surface area contributed by atoms with E-state index in [1.54, 1.807) is 7.05 Å². The molecular formula is C15H19N5O2. The molecule has 0 unspecified atom stereocenters. The summed E-state index contributed by atoms with van der Waals surface area (Å²) >= 11 is 0. The third-order valence-electron chi connectivity index (χ3n) is 3.08. The normalized spacial score (nSPS) is 10.2. The zero-order valence-electron chi connectivity index (χ0n) is 12.5. The van der Waals surface area contributed by atoms with E-state index in [-0.39, 0.29) is 24.3 Å². The van der Waals surface area contributed by atoms with Gasteiger partial charge in [0.2, 0.25) is 17.8 Å². The first-order chi connectivity index (χ1) is 10.7. The molecule has 0 aliphatic carbocycles. The van der Waals surface area contributed by atoms with Crippen molar-refractivity contribution < 1.29 is 9.59 Å². The number of benzene rings is 1. The lowest BCUT2D eigenvalue weighted by atomic mass is 10.1. The number of likely N-dealkylation sites (N-methyl/N-ethyl adjacent to an activating group) is 1. The molecule has 0 fully saturated rings. The van der Waals surface area contributed by atoms with Gasteiger partial charge < -0.3 is 5.32 Å². The van der Waals surface area contributed by atoms with Crippen LogP contribution in [0.3, 0.4) is 0 Å². The van der Waals surface area contributed by atoms with E-state index in [1.807, 2.05) is 30.3 Å². The maximum Gasteiger partial charge on any atom is 0.248 e. The smallest absolute Gasteiger partial charge is 0.248 e. The van der Waals surface area contributed by atoms with E-state index in [9.17, 15) is 9.59 Å². The first-order valence-electron chi connectivity index (χ1n) is 7.11. The largest absolute Gasteiger partial charge is 0.358 e. The Morgan fingerprint density at radius 1 is 1.18 bits per heavy atom. The van der Waals surface area contributed by atoms with Crippen LogP contribution in [0.25, 0.3) is 0 Å². The number of anilines is 1. The molecule has 116 valence electrons. The van der Waals surface area contributed by atoms with E-state index in [2.05, 4.69) is 20.7 Å². The molecule has 2 aromatic rings. The topological polar surface area (TPSA) is 88.9 Å². The lowest BCUT2D eigenvalue weighted by Crippen LogP contribution is -2.23. The molecule has 22 heavy (non-hydrogen) atoms. The highest BCUT2D eigenvalue weighted by molar-refractivity contribution is 5.88. The average molecular weight is 301 g/mol. The standard InChI is InChI=1S/C15H19N5O2/c1-16-14(22)10-20-11-17-15(19-20)18-13(21)9-5-8-12-6-3-2-4-7-12/h2-4,6-7,11H,5,8-10H2,1H3,(H,16,22)(H,18,19,21). The summed E-state index contributed by atoms with van der Waals surface area (Å²) in [6, 6.07) is 10.0. The Labute approximate surface area is 128 Å². The molecule has 2 N–H and O–H groups in total. The number of aryl methyl sites for hydroxylation is 1. The average Bonchev–Trinajstić information content (AvgIpc) is 2.95. The quantitative estimate of drug-likeness (QED) is 0.798. The molecule has 1 heterocycles. The number of hydrogen-bond donors (Lipinski definition) is 2. The Morgan fingerprint density at radius 2 is 1.95 bits per heavy atom. The van der Waals surface area contributed by atoms with Crippen LogP contribution in [0.1, 0.15) is 18.4 Å². The molecule has 0 aliphatic rings. The minimum atomic E-state index is -0.175. The van der Waals surface area contributed by atoms with Crippen LogP contribution in [-0.4, -0.2) is 33.6 Å². The molecule has 0 aliphatic heterocycles. The Hall–Kier alpha value is -2.70. The highest BCUT2D eigenvalue weighted by atomic mass is 16.2. The third kappa shape index (κ3) is 5.01. The summed E-state index contributed by atoms with van der Waals surface area (Å²) in [5.74, 6) is -0.0899. The Kier molecular flexibility index (Phi) is 5.65. The van der Waals surface area contributed by atoms with Crippen molar-refractivity contribution in [1.29, 1.82) is 0 Å². The number of carbonyl (C=O) groups excluding carboxylic acids is 2. The van der Waals surface area contributed by atoms with Crippen LogP contribution in [0.15, 0.2) is 36.7 Å². The van der Waals surface area contributed by atoms with Crippen LogP contribution in [0.5, 0.6) is 0 Å². The van der Waals surface area contributed by atoms with Crippen molar-refractivity contribution in [3.8, 4) is 0 Å². The van der Waals surface area contributed by atoms with Gasteiger partial charge in [0.05, 0.1) is 0 Å². The van der Waals surface area contributed by atoms with Gasteiger partial charge in [-0.3, -0.25) is 14.9 Å². The fourth-order valence-electron chi connectivity index (χ4n) is 1.94. The minimum absolute atomic E-state index is 0.0768. The number of nitrogens with zero attached hydrogens (tertiary/aromatic N) is 3. The molecule has 7 nitrogen and oxygen atoms in total. The number of carbonyl (C=O) groups is 2. The second-order valence-electron chi connectivity index (χ2n) is 4.83. The summed E-state index contributed by atoms with van der Waals surface area (Å²) in [6.07, 6.45) is 3.43. The predicted octanol–water partition coefficient (Wildman–Crippen LogP) is 0.985. The summed E-state index contributed by atoms with van der Waals surface area (Å²) in [6.45, 7) is 0.0768. The molecule has 0 saturated heterocycles. The van der Waals surface area contributed by atoms with Gasteiger partial charge in [0.25, 0.3) is 0 Å². The summed E-state index contributed by atoms with van der Waals surface area (Å²) in [5, 5.41) is 9.14. The highest BCUT2D eigenvalue weighted by Gasteiger charge is 2.08. The molecule has 2 amide bonds. The van der Waals surface area contributed by atoms with E-state index in [0.29, 0.717) is 6.42 Å². The van der Waals surface area contributed by atoms with Crippen LogP contribution in [0.2, 0.25) is 0 Å². The van der Waals surface area contributed by atoms with E-state index >= 15 is 0 Å². The summed E-state index contributed by atoms with van der Waals surface area (Å²) in [4.78, 5) is 27.0. The van der Waals surface area contributed by atoms with Crippen LogP contribution in [0, 0.1) is 0 Å². The third-order valence-corrected chi connectivity index (χ3v) is 3.08. The van der Waals surface area contributed by atoms with Crippen LogP contribution < -0.4 is 10.6 Å². The maximum atomic E-state index is 11.8. The van der Waals surface area contributed by atoms with E-state index in [4.69, 9.17) is 0 Å². The lowest BCUT2D eigenvalue weighted by Gasteiger charge is -2.02. The van der Waals surface area contributed by atoms with Crippen molar-refractivity contribution in [2.75, 3.05) is 12.4 Å². The number of rotatable bonds is 7. The molecule has 0 radical (unpaired) electrons. The number of amides is 2. The van der Waals surface area contributed by atoms with Crippen molar-refractivity contribution >= 4 is 17.8 Å². The van der Waals surface area contributed by atoms with Crippen molar-refractivity contribution in [2.45, 2.75) is 25.8 Å². The van der Waals surface area contributed by atoms with Crippen LogP contribution in [0.4, 0.5) is 5.95 Å². The van der Waals surface area contributed by atoms with Gasteiger partial charge >= 0.3 is 0 Å². The monoisotopic (exact) mass is 301 g/mol. The van der Waals surface area contributed by atoms with E-state index < -0.39 is 0 Å². The molecular weight excluding hydrogens is 282 g/mol. The molecule has 7 heteroatoms. The van der Waals surface area contributed by atoms with Crippen molar-refractivity contribution in [3.63, 3.8) is 0 Å². The number of aromatic nitrogens is 3. The van der Waals surface area contributed by atoms with E-state index in [0.717, 1.165) is 12.8 Å². The van der Waals surface area contributed by atoms with Gasteiger partial charge in [-0.15, -0.1) is 5.10 Å². The highest BCUT2D eigenvalue weighted by Crippen LogP contribution is 2.06. The first kappa shape index (κ1) is 15.7. The van der Waals surface area contributed by atoms with Crippen LogP contribution in [-0.2, 0) is 22.6 Å². The zero-order valence-corrected chi connectivity index (χ0v) is 12.5. The van der Waals surface area contributed by atoms with Gasteiger partial charge in [-0.1, -0.05) is 30.3 Å². The van der Waals surface area contributed by atoms with Gasteiger partial charge in [0.1, 0.15) is 12.9 Å². The molecule has 1 aromatic heterocycles. The second kappa shape index (κ2) is 7.92. The van der Waals surface area contributed by atoms with Gasteiger partial charge in [-0.05, 0) is 18.4 Å². The van der Waals surface area contributed by atoms with Gasteiger partial charge in [-0.25, -0.2) is 9.67 Å².